The van der Waals surface area contributed by atoms with E-state index in [0.717, 1.165) is 29.8 Å². The van der Waals surface area contributed by atoms with E-state index in [9.17, 15) is 22.8 Å². The zero-order valence-corrected chi connectivity index (χ0v) is 15.7. The summed E-state index contributed by atoms with van der Waals surface area (Å²) in [5.74, 6) is -1.19. The van der Waals surface area contributed by atoms with E-state index in [1.165, 1.54) is 6.92 Å². The number of amides is 1. The number of halogens is 4. The van der Waals surface area contributed by atoms with Gasteiger partial charge in [0.1, 0.15) is 5.75 Å². The molecule has 5 nitrogen and oxygen atoms in total. The van der Waals surface area contributed by atoms with E-state index < -0.39 is 36.3 Å². The highest BCUT2D eigenvalue weighted by atomic mass is 35.5. The van der Waals surface area contributed by atoms with Crippen LogP contribution in [0.15, 0.2) is 42.5 Å². The molecule has 2 aromatic rings. The first-order valence-electron chi connectivity index (χ1n) is 8.13. The standard InChI is InChI=1S/C19H17ClF3NO4/c1-11-3-8-15(20)16(9-11)27-10-17(25)28-12(2)18(26)24-14-6-4-13(5-7-14)19(21,22)23/h3-9,12H,10H2,1-2H3,(H,24,26)/t12-/m0/s1. The maximum atomic E-state index is 12.5. The van der Waals surface area contributed by atoms with Gasteiger partial charge in [0.25, 0.3) is 5.91 Å². The number of alkyl halides is 3. The summed E-state index contributed by atoms with van der Waals surface area (Å²) in [5.41, 5.74) is 0.192. The summed E-state index contributed by atoms with van der Waals surface area (Å²) in [5, 5.41) is 2.70. The van der Waals surface area contributed by atoms with Crippen LogP contribution in [0, 0.1) is 6.92 Å². The molecule has 2 aromatic carbocycles. The SMILES string of the molecule is Cc1ccc(Cl)c(OCC(=O)O[C@@H](C)C(=O)Nc2ccc(C(F)(F)F)cc2)c1. The molecule has 150 valence electrons. The molecule has 2 rings (SSSR count). The van der Waals surface area contributed by atoms with Gasteiger partial charge in [0.15, 0.2) is 12.7 Å². The monoisotopic (exact) mass is 415 g/mol. The summed E-state index contributed by atoms with van der Waals surface area (Å²) in [6, 6.07) is 8.95. The number of carbonyl (C=O) groups is 2. The summed E-state index contributed by atoms with van der Waals surface area (Å²) in [6.45, 7) is 2.70. The van der Waals surface area contributed by atoms with Crippen LogP contribution in [0.1, 0.15) is 18.1 Å². The molecule has 0 aromatic heterocycles. The molecule has 0 spiro atoms. The van der Waals surface area contributed by atoms with Gasteiger partial charge in [0.2, 0.25) is 0 Å². The van der Waals surface area contributed by atoms with Crippen molar-refractivity contribution in [3.63, 3.8) is 0 Å². The third-order valence-corrected chi connectivity index (χ3v) is 3.90. The molecular formula is C19H17ClF3NO4. The highest BCUT2D eigenvalue weighted by Crippen LogP contribution is 2.30. The number of aryl methyl sites for hydroxylation is 1. The Morgan fingerprint density at radius 1 is 1.14 bits per heavy atom. The summed E-state index contributed by atoms with van der Waals surface area (Å²) < 4.78 is 47.8. The van der Waals surface area contributed by atoms with Crippen LogP contribution in [0.25, 0.3) is 0 Å². The summed E-state index contributed by atoms with van der Waals surface area (Å²) in [6.07, 6.45) is -5.64. The third kappa shape index (κ3) is 6.16. The average molecular weight is 416 g/mol. The Kier molecular flexibility index (Phi) is 6.90. The van der Waals surface area contributed by atoms with Crippen LogP contribution >= 0.6 is 11.6 Å². The lowest BCUT2D eigenvalue weighted by Crippen LogP contribution is -2.31. The average Bonchev–Trinajstić information content (AvgIpc) is 2.62. The molecule has 0 saturated carbocycles. The minimum Gasteiger partial charge on any atom is -0.480 e. The Labute approximate surface area is 164 Å². The Morgan fingerprint density at radius 2 is 1.79 bits per heavy atom. The van der Waals surface area contributed by atoms with Crippen molar-refractivity contribution in [1.82, 2.24) is 0 Å². The first-order valence-corrected chi connectivity index (χ1v) is 8.50. The highest BCUT2D eigenvalue weighted by Gasteiger charge is 2.30. The van der Waals surface area contributed by atoms with E-state index in [-0.39, 0.29) is 5.69 Å². The van der Waals surface area contributed by atoms with Crippen molar-refractivity contribution in [2.45, 2.75) is 26.1 Å². The Balaban J connectivity index is 1.86. The van der Waals surface area contributed by atoms with Gasteiger partial charge in [-0.2, -0.15) is 13.2 Å². The van der Waals surface area contributed by atoms with Gasteiger partial charge >= 0.3 is 12.1 Å². The molecular weight excluding hydrogens is 399 g/mol. The van der Waals surface area contributed by atoms with Crippen LogP contribution in [-0.4, -0.2) is 24.6 Å². The number of benzene rings is 2. The lowest BCUT2D eigenvalue weighted by Gasteiger charge is -2.15. The Hall–Kier alpha value is -2.74. The van der Waals surface area contributed by atoms with E-state index in [1.54, 1.807) is 18.2 Å². The molecule has 1 amide bonds. The fraction of sp³-hybridized carbons (Fsp3) is 0.263. The Morgan fingerprint density at radius 3 is 2.39 bits per heavy atom. The van der Waals surface area contributed by atoms with Crippen LogP contribution in [0.2, 0.25) is 5.02 Å². The number of hydrogen-bond donors (Lipinski definition) is 1. The molecule has 0 aliphatic rings. The number of ether oxygens (including phenoxy) is 2. The van der Waals surface area contributed by atoms with Gasteiger partial charge in [0.05, 0.1) is 10.6 Å². The quantitative estimate of drug-likeness (QED) is 0.699. The van der Waals surface area contributed by atoms with Crippen LogP contribution in [0.5, 0.6) is 5.75 Å². The van der Waals surface area contributed by atoms with E-state index in [0.29, 0.717) is 10.8 Å². The van der Waals surface area contributed by atoms with Crippen molar-refractivity contribution < 1.29 is 32.2 Å². The van der Waals surface area contributed by atoms with E-state index in [4.69, 9.17) is 21.1 Å². The van der Waals surface area contributed by atoms with Crippen molar-refractivity contribution >= 4 is 29.2 Å². The van der Waals surface area contributed by atoms with Gasteiger partial charge in [-0.1, -0.05) is 17.7 Å². The van der Waals surface area contributed by atoms with Gasteiger partial charge in [-0.25, -0.2) is 4.79 Å². The molecule has 0 unspecified atom stereocenters. The fourth-order valence-corrected chi connectivity index (χ4v) is 2.30. The number of anilines is 1. The van der Waals surface area contributed by atoms with Crippen molar-refractivity contribution in [2.24, 2.45) is 0 Å². The molecule has 0 aliphatic heterocycles. The second kappa shape index (κ2) is 8.97. The van der Waals surface area contributed by atoms with Crippen LogP contribution in [0.3, 0.4) is 0 Å². The summed E-state index contributed by atoms with van der Waals surface area (Å²) in [4.78, 5) is 23.9. The van der Waals surface area contributed by atoms with Gasteiger partial charge in [0, 0.05) is 5.69 Å². The second-order valence-electron chi connectivity index (χ2n) is 5.92. The topological polar surface area (TPSA) is 64.6 Å². The molecule has 1 N–H and O–H groups in total. The minimum atomic E-state index is -4.47. The van der Waals surface area contributed by atoms with Crippen molar-refractivity contribution in [2.75, 3.05) is 11.9 Å². The van der Waals surface area contributed by atoms with Crippen LogP contribution < -0.4 is 10.1 Å². The van der Waals surface area contributed by atoms with Crippen molar-refractivity contribution in [1.29, 1.82) is 0 Å². The smallest absolute Gasteiger partial charge is 0.416 e. The molecule has 0 heterocycles. The minimum absolute atomic E-state index is 0.142. The molecule has 0 radical (unpaired) electrons. The lowest BCUT2D eigenvalue weighted by molar-refractivity contribution is -0.155. The molecule has 1 atom stereocenters. The van der Waals surface area contributed by atoms with Crippen LogP contribution in [0.4, 0.5) is 18.9 Å². The zero-order valence-electron chi connectivity index (χ0n) is 15.0. The second-order valence-corrected chi connectivity index (χ2v) is 6.33. The Bertz CT molecular complexity index is 853. The number of hydrogen-bond acceptors (Lipinski definition) is 4. The summed E-state index contributed by atoms with van der Waals surface area (Å²) >= 11 is 5.95. The van der Waals surface area contributed by atoms with E-state index >= 15 is 0 Å². The van der Waals surface area contributed by atoms with Crippen LogP contribution in [-0.2, 0) is 20.5 Å². The third-order valence-electron chi connectivity index (χ3n) is 3.59. The van der Waals surface area contributed by atoms with Crippen molar-refractivity contribution in [3.8, 4) is 5.75 Å². The largest absolute Gasteiger partial charge is 0.480 e. The lowest BCUT2D eigenvalue weighted by atomic mass is 10.2. The normalized spacial score (nSPS) is 12.2. The predicted molar refractivity (Wildman–Crippen MR) is 97.3 cm³/mol. The van der Waals surface area contributed by atoms with E-state index in [1.807, 2.05) is 6.92 Å². The maximum absolute atomic E-state index is 12.5. The van der Waals surface area contributed by atoms with Crippen molar-refractivity contribution in [3.05, 3.63) is 58.6 Å². The van der Waals surface area contributed by atoms with Gasteiger partial charge in [-0.3, -0.25) is 4.79 Å². The number of rotatable bonds is 6. The number of nitrogens with one attached hydrogen (secondary N) is 1. The molecule has 0 bridgehead atoms. The highest BCUT2D eigenvalue weighted by molar-refractivity contribution is 6.32. The van der Waals surface area contributed by atoms with Gasteiger partial charge in [-0.15, -0.1) is 0 Å². The maximum Gasteiger partial charge on any atom is 0.416 e. The fourth-order valence-electron chi connectivity index (χ4n) is 2.13. The molecule has 28 heavy (non-hydrogen) atoms. The van der Waals surface area contributed by atoms with Gasteiger partial charge < -0.3 is 14.8 Å². The summed E-state index contributed by atoms with van der Waals surface area (Å²) in [7, 11) is 0. The molecule has 9 heteroatoms. The first kappa shape index (κ1) is 21.6. The van der Waals surface area contributed by atoms with E-state index in [2.05, 4.69) is 5.32 Å². The number of carbonyl (C=O) groups excluding carboxylic acids is 2. The number of esters is 1. The van der Waals surface area contributed by atoms with Gasteiger partial charge in [-0.05, 0) is 55.8 Å². The zero-order chi connectivity index (χ0) is 20.9. The molecule has 0 aliphatic carbocycles. The molecule has 0 fully saturated rings. The molecule has 0 saturated heterocycles. The first-order chi connectivity index (χ1) is 13.1. The predicted octanol–water partition coefficient (Wildman–Crippen LogP) is 4.62.